The van der Waals surface area contributed by atoms with Crippen LogP contribution in [0, 0.1) is 0 Å². The summed E-state index contributed by atoms with van der Waals surface area (Å²) in [6, 6.07) is 0. The van der Waals surface area contributed by atoms with E-state index in [0.717, 1.165) is 39.4 Å². The molecule has 0 fully saturated rings. The lowest BCUT2D eigenvalue weighted by molar-refractivity contribution is 0.125. The molecule has 0 amide bonds. The van der Waals surface area contributed by atoms with E-state index in [1.807, 2.05) is 0 Å². The Morgan fingerprint density at radius 2 is 0.792 bits per heavy atom. The minimum atomic E-state index is 0.740. The van der Waals surface area contributed by atoms with Crippen molar-refractivity contribution in [3.05, 3.63) is 0 Å². The lowest BCUT2D eigenvalue weighted by atomic mass is 10.1. The molecule has 3 heteroatoms. The average molecular weight is 344 g/mol. The predicted octanol–water partition coefficient (Wildman–Crippen LogP) is 5.85. The van der Waals surface area contributed by atoms with Gasteiger partial charge in [0.05, 0.1) is 0 Å². The monoisotopic (exact) mass is 343 g/mol. The Morgan fingerprint density at radius 1 is 0.458 bits per heavy atom. The van der Waals surface area contributed by atoms with E-state index in [-0.39, 0.29) is 0 Å². The summed E-state index contributed by atoms with van der Waals surface area (Å²) in [5.74, 6) is 0. The molecule has 0 saturated carbocycles. The molecular weight excluding hydrogens is 298 g/mol. The zero-order valence-corrected chi connectivity index (χ0v) is 16.5. The fourth-order valence-electron chi connectivity index (χ4n) is 2.84. The lowest BCUT2D eigenvalue weighted by Crippen LogP contribution is -2.04. The van der Waals surface area contributed by atoms with Crippen molar-refractivity contribution in [1.82, 2.24) is 0 Å². The normalized spacial score (nSPS) is 11.2. The molecule has 0 radical (unpaired) electrons. The summed E-state index contributed by atoms with van der Waals surface area (Å²) in [5.41, 5.74) is 5.42. The van der Waals surface area contributed by atoms with Crippen LogP contribution in [0.15, 0.2) is 0 Å². The average Bonchev–Trinajstić information content (AvgIpc) is 2.60. The summed E-state index contributed by atoms with van der Waals surface area (Å²) < 4.78 is 11.2. The molecule has 0 aromatic carbocycles. The summed E-state index contributed by atoms with van der Waals surface area (Å²) >= 11 is 0. The van der Waals surface area contributed by atoms with Crippen molar-refractivity contribution >= 4 is 0 Å². The van der Waals surface area contributed by atoms with Crippen LogP contribution in [0.5, 0.6) is 0 Å². The third kappa shape index (κ3) is 21.9. The van der Waals surface area contributed by atoms with Crippen LogP contribution < -0.4 is 5.73 Å². The second-order valence-electron chi connectivity index (χ2n) is 6.96. The first-order chi connectivity index (χ1) is 11.9. The van der Waals surface area contributed by atoms with E-state index in [0.29, 0.717) is 0 Å². The van der Waals surface area contributed by atoms with E-state index in [2.05, 4.69) is 6.92 Å². The van der Waals surface area contributed by atoms with Crippen molar-refractivity contribution < 1.29 is 9.47 Å². The van der Waals surface area contributed by atoms with Crippen LogP contribution in [-0.2, 0) is 9.47 Å². The van der Waals surface area contributed by atoms with Crippen LogP contribution in [-0.4, -0.2) is 33.0 Å². The molecule has 0 aromatic rings. The third-order valence-electron chi connectivity index (χ3n) is 4.46. The highest BCUT2D eigenvalue weighted by Crippen LogP contribution is 2.09. The Bertz CT molecular complexity index is 190. The van der Waals surface area contributed by atoms with Gasteiger partial charge in [0.25, 0.3) is 0 Å². The van der Waals surface area contributed by atoms with Gasteiger partial charge in [0.15, 0.2) is 0 Å². The second kappa shape index (κ2) is 22.9. The van der Waals surface area contributed by atoms with Gasteiger partial charge >= 0.3 is 0 Å². The number of hydrogen-bond donors (Lipinski definition) is 1. The number of hydrogen-bond acceptors (Lipinski definition) is 3. The van der Waals surface area contributed by atoms with Crippen LogP contribution >= 0.6 is 0 Å². The Labute approximate surface area is 152 Å². The molecule has 0 bridgehead atoms. The first-order valence-corrected chi connectivity index (χ1v) is 10.8. The molecule has 0 aliphatic carbocycles. The van der Waals surface area contributed by atoms with Crippen molar-refractivity contribution in [2.75, 3.05) is 33.0 Å². The third-order valence-corrected chi connectivity index (χ3v) is 4.46. The molecule has 0 atom stereocenters. The van der Waals surface area contributed by atoms with Crippen LogP contribution in [0.25, 0.3) is 0 Å². The first-order valence-electron chi connectivity index (χ1n) is 10.8. The number of nitrogens with two attached hydrogens (primary N) is 1. The summed E-state index contributed by atoms with van der Waals surface area (Å²) in [6.45, 7) is 6.69. The van der Waals surface area contributed by atoms with E-state index in [1.165, 1.54) is 89.9 Å². The van der Waals surface area contributed by atoms with Crippen molar-refractivity contribution in [3.63, 3.8) is 0 Å². The van der Waals surface area contributed by atoms with E-state index >= 15 is 0 Å². The minimum absolute atomic E-state index is 0.740. The maximum Gasteiger partial charge on any atom is 0.0478 e. The number of unbranched alkanes of at least 4 members (excludes halogenated alkanes) is 12. The lowest BCUT2D eigenvalue weighted by Gasteiger charge is -2.05. The van der Waals surface area contributed by atoms with E-state index in [4.69, 9.17) is 15.2 Å². The first kappa shape index (κ1) is 23.9. The molecule has 0 heterocycles. The van der Waals surface area contributed by atoms with Crippen molar-refractivity contribution in [1.29, 1.82) is 0 Å². The van der Waals surface area contributed by atoms with Gasteiger partial charge in [-0.3, -0.25) is 0 Å². The van der Waals surface area contributed by atoms with Gasteiger partial charge in [-0.2, -0.15) is 0 Å². The van der Waals surface area contributed by atoms with Crippen LogP contribution in [0.1, 0.15) is 103 Å². The van der Waals surface area contributed by atoms with Gasteiger partial charge in [-0.25, -0.2) is 0 Å². The molecule has 0 aliphatic rings. The van der Waals surface area contributed by atoms with Crippen LogP contribution in [0.3, 0.4) is 0 Å². The fourth-order valence-corrected chi connectivity index (χ4v) is 2.84. The predicted molar refractivity (Wildman–Crippen MR) is 106 cm³/mol. The molecule has 2 N–H and O–H groups in total. The maximum atomic E-state index is 5.72. The Hall–Kier alpha value is -0.120. The maximum absolute atomic E-state index is 5.72. The van der Waals surface area contributed by atoms with Crippen LogP contribution in [0.4, 0.5) is 0 Å². The van der Waals surface area contributed by atoms with Gasteiger partial charge in [-0.05, 0) is 32.2 Å². The summed E-state index contributed by atoms with van der Waals surface area (Å²) in [6.07, 6.45) is 19.7. The standard InChI is InChI=1S/C21H45NO2/c1-2-3-4-5-10-13-18-23-19-14-11-8-6-7-9-12-15-20-24-21-16-17-22/h2-22H2,1H3. The quantitative estimate of drug-likeness (QED) is 0.266. The SMILES string of the molecule is CCCCCCCCOCCCCCCCCCCOCCCN. The highest BCUT2D eigenvalue weighted by atomic mass is 16.5. The van der Waals surface area contributed by atoms with Gasteiger partial charge in [0, 0.05) is 26.4 Å². The summed E-state index contributed by atoms with van der Waals surface area (Å²) in [5, 5.41) is 0. The Balaban J connectivity index is 2.93. The van der Waals surface area contributed by atoms with Crippen molar-refractivity contribution in [2.45, 2.75) is 103 Å². The molecule has 0 rings (SSSR count). The Kier molecular flexibility index (Phi) is 22.8. The zero-order chi connectivity index (χ0) is 17.6. The van der Waals surface area contributed by atoms with Gasteiger partial charge in [0.2, 0.25) is 0 Å². The van der Waals surface area contributed by atoms with E-state index in [9.17, 15) is 0 Å². The molecule has 24 heavy (non-hydrogen) atoms. The highest BCUT2D eigenvalue weighted by Gasteiger charge is 1.95. The largest absolute Gasteiger partial charge is 0.381 e. The topological polar surface area (TPSA) is 44.5 Å². The van der Waals surface area contributed by atoms with Gasteiger partial charge in [-0.15, -0.1) is 0 Å². The smallest absolute Gasteiger partial charge is 0.0478 e. The Morgan fingerprint density at radius 3 is 1.17 bits per heavy atom. The number of ether oxygens (including phenoxy) is 2. The van der Waals surface area contributed by atoms with Crippen LogP contribution in [0.2, 0.25) is 0 Å². The minimum Gasteiger partial charge on any atom is -0.381 e. The zero-order valence-electron chi connectivity index (χ0n) is 16.5. The van der Waals surface area contributed by atoms with E-state index < -0.39 is 0 Å². The van der Waals surface area contributed by atoms with Crippen molar-refractivity contribution in [3.8, 4) is 0 Å². The second-order valence-corrected chi connectivity index (χ2v) is 6.96. The molecule has 146 valence electrons. The van der Waals surface area contributed by atoms with E-state index in [1.54, 1.807) is 0 Å². The molecule has 0 aromatic heterocycles. The fraction of sp³-hybridized carbons (Fsp3) is 1.00. The molecule has 0 spiro atoms. The molecule has 3 nitrogen and oxygen atoms in total. The number of rotatable bonds is 21. The highest BCUT2D eigenvalue weighted by molar-refractivity contribution is 4.48. The van der Waals surface area contributed by atoms with Gasteiger partial charge in [-0.1, -0.05) is 77.6 Å². The summed E-state index contributed by atoms with van der Waals surface area (Å²) in [7, 11) is 0. The molecule has 0 unspecified atom stereocenters. The summed E-state index contributed by atoms with van der Waals surface area (Å²) in [4.78, 5) is 0. The van der Waals surface area contributed by atoms with Gasteiger partial charge in [0.1, 0.15) is 0 Å². The van der Waals surface area contributed by atoms with Crippen molar-refractivity contribution in [2.24, 2.45) is 5.73 Å². The van der Waals surface area contributed by atoms with Gasteiger partial charge < -0.3 is 15.2 Å². The molecular formula is C21H45NO2. The molecule has 0 aliphatic heterocycles. The molecule has 0 saturated heterocycles.